The Hall–Kier alpha value is -3.97. The second-order valence-electron chi connectivity index (χ2n) is 11.1. The van der Waals surface area contributed by atoms with Gasteiger partial charge in [0.2, 0.25) is 11.8 Å². The average Bonchev–Trinajstić information content (AvgIpc) is 3.20. The van der Waals surface area contributed by atoms with E-state index in [0.29, 0.717) is 10.7 Å². The monoisotopic (exact) mass is 556 g/mol. The summed E-state index contributed by atoms with van der Waals surface area (Å²) in [6.45, 7) is 4.80. The number of hydrogen-bond donors (Lipinski definition) is 1. The van der Waals surface area contributed by atoms with E-state index in [0.717, 1.165) is 32.7 Å². The van der Waals surface area contributed by atoms with Gasteiger partial charge in [0.05, 0.1) is 11.8 Å². The minimum Gasteiger partial charge on any atom is -0.454 e. The molecule has 3 aromatic rings. The fourth-order valence-electron chi connectivity index (χ4n) is 6.79. The van der Waals surface area contributed by atoms with Gasteiger partial charge in [-0.2, -0.15) is 0 Å². The fourth-order valence-corrected chi connectivity index (χ4v) is 6.96. The molecule has 40 heavy (non-hydrogen) atoms. The lowest BCUT2D eigenvalue weighted by atomic mass is 9.55. The minimum atomic E-state index is -1.14. The Morgan fingerprint density at radius 3 is 1.85 bits per heavy atom. The van der Waals surface area contributed by atoms with Crippen molar-refractivity contribution in [2.75, 3.05) is 11.9 Å². The molecule has 3 amide bonds. The number of hydrogen-bond acceptors (Lipinski definition) is 5. The van der Waals surface area contributed by atoms with E-state index in [9.17, 15) is 19.2 Å². The summed E-state index contributed by atoms with van der Waals surface area (Å²) in [4.78, 5) is 55.2. The van der Waals surface area contributed by atoms with Crippen LogP contribution in [0.5, 0.6) is 0 Å². The summed E-state index contributed by atoms with van der Waals surface area (Å²) in [6, 6.07) is 19.9. The van der Waals surface area contributed by atoms with E-state index in [4.69, 9.17) is 16.3 Å². The van der Waals surface area contributed by atoms with Crippen molar-refractivity contribution in [2.45, 2.75) is 38.6 Å². The number of nitrogens with zero attached hydrogens (tertiary/aromatic N) is 1. The number of likely N-dealkylation sites (tertiary alicyclic amines) is 1. The minimum absolute atomic E-state index is 0.264. The summed E-state index contributed by atoms with van der Waals surface area (Å²) in [5.41, 5.74) is 5.56. The van der Waals surface area contributed by atoms with E-state index in [1.165, 1.54) is 0 Å². The van der Waals surface area contributed by atoms with Crippen LogP contribution in [-0.2, 0) is 23.9 Å². The molecule has 204 valence electrons. The van der Waals surface area contributed by atoms with E-state index >= 15 is 0 Å². The highest BCUT2D eigenvalue weighted by atomic mass is 35.5. The number of halogens is 1. The second-order valence-corrected chi connectivity index (χ2v) is 11.6. The first-order valence-electron chi connectivity index (χ1n) is 13.5. The van der Waals surface area contributed by atoms with Crippen LogP contribution in [-0.4, -0.2) is 41.2 Å². The Morgan fingerprint density at radius 2 is 1.38 bits per heavy atom. The standard InChI is InChI=1S/C32H29ClN2O5/c1-16(2)29(32(39)40-15-24(36)34-23-14-18(33)13-12-17(23)3)35-30(37)27-25-19-8-4-5-9-20(19)26(28(27)31(35)38)22-11-7-6-10-21(22)25/h4-14,16,25-29H,15H2,1-3H3,(H,34,36)/t25?,26?,27-,28+,29-/m0/s1. The van der Waals surface area contributed by atoms with Crippen molar-refractivity contribution in [1.82, 2.24) is 4.90 Å². The zero-order chi connectivity index (χ0) is 28.3. The van der Waals surface area contributed by atoms with Crippen LogP contribution in [0.25, 0.3) is 0 Å². The topological polar surface area (TPSA) is 92.8 Å². The Labute approximate surface area is 237 Å². The number of anilines is 1. The van der Waals surface area contributed by atoms with E-state index in [1.54, 1.807) is 32.0 Å². The molecule has 1 aliphatic heterocycles. The van der Waals surface area contributed by atoms with Crippen molar-refractivity contribution in [3.05, 3.63) is 99.6 Å². The van der Waals surface area contributed by atoms with Crippen LogP contribution >= 0.6 is 11.6 Å². The van der Waals surface area contributed by atoms with Crippen LogP contribution in [0.4, 0.5) is 5.69 Å². The van der Waals surface area contributed by atoms with Gasteiger partial charge in [-0.25, -0.2) is 4.79 Å². The van der Waals surface area contributed by atoms with Gasteiger partial charge in [-0.15, -0.1) is 0 Å². The quantitative estimate of drug-likeness (QED) is 0.339. The van der Waals surface area contributed by atoms with Gasteiger partial charge in [0.15, 0.2) is 6.61 Å². The number of amides is 3. The molecule has 7 rings (SSSR count). The number of esters is 1. The fraction of sp³-hybridized carbons (Fsp3) is 0.312. The molecule has 7 nitrogen and oxygen atoms in total. The van der Waals surface area contributed by atoms with Gasteiger partial charge in [-0.1, -0.05) is 80.0 Å². The smallest absolute Gasteiger partial charge is 0.330 e. The molecule has 2 bridgehead atoms. The zero-order valence-corrected chi connectivity index (χ0v) is 23.1. The lowest BCUT2D eigenvalue weighted by molar-refractivity contribution is -0.162. The lowest BCUT2D eigenvalue weighted by Gasteiger charge is -2.45. The molecular weight excluding hydrogens is 528 g/mol. The third-order valence-electron chi connectivity index (χ3n) is 8.45. The summed E-state index contributed by atoms with van der Waals surface area (Å²) < 4.78 is 5.39. The molecule has 3 aliphatic carbocycles. The summed E-state index contributed by atoms with van der Waals surface area (Å²) >= 11 is 6.03. The molecule has 1 saturated heterocycles. The van der Waals surface area contributed by atoms with Crippen molar-refractivity contribution < 1.29 is 23.9 Å². The molecule has 8 heteroatoms. The first kappa shape index (κ1) is 26.3. The predicted molar refractivity (Wildman–Crippen MR) is 150 cm³/mol. The van der Waals surface area contributed by atoms with Gasteiger partial charge < -0.3 is 10.1 Å². The van der Waals surface area contributed by atoms with E-state index < -0.39 is 42.3 Å². The first-order valence-corrected chi connectivity index (χ1v) is 13.8. The Balaban J connectivity index is 1.26. The third-order valence-corrected chi connectivity index (χ3v) is 8.69. The second kappa shape index (κ2) is 9.89. The maximum Gasteiger partial charge on any atom is 0.330 e. The number of ether oxygens (including phenoxy) is 1. The molecule has 4 aliphatic rings. The van der Waals surface area contributed by atoms with Gasteiger partial charge in [0.25, 0.3) is 5.91 Å². The van der Waals surface area contributed by atoms with Gasteiger partial charge in [-0.3, -0.25) is 19.3 Å². The summed E-state index contributed by atoms with van der Waals surface area (Å²) in [5, 5.41) is 3.16. The van der Waals surface area contributed by atoms with Gasteiger partial charge >= 0.3 is 5.97 Å². The molecule has 0 aromatic heterocycles. The van der Waals surface area contributed by atoms with Gasteiger partial charge in [-0.05, 0) is 52.8 Å². The summed E-state index contributed by atoms with van der Waals surface area (Å²) in [6.07, 6.45) is 0. The number of carbonyl (C=O) groups is 4. The highest BCUT2D eigenvalue weighted by molar-refractivity contribution is 6.31. The SMILES string of the molecule is Cc1ccc(Cl)cc1NC(=O)COC(=O)[C@H](C(C)C)N1C(=O)[C@@H]2C3c4ccccc4C(c4ccccc43)[C@@H]2C1=O. The third kappa shape index (κ3) is 4.03. The number of rotatable bonds is 6. The van der Waals surface area contributed by atoms with Gasteiger partial charge in [0, 0.05) is 22.5 Å². The van der Waals surface area contributed by atoms with E-state index in [-0.39, 0.29) is 23.7 Å². The average molecular weight is 557 g/mol. The molecule has 0 spiro atoms. The van der Waals surface area contributed by atoms with Crippen molar-refractivity contribution in [3.63, 3.8) is 0 Å². The zero-order valence-electron chi connectivity index (χ0n) is 22.4. The predicted octanol–water partition coefficient (Wildman–Crippen LogP) is 5.05. The number of benzene rings is 3. The maximum atomic E-state index is 14.1. The Bertz CT molecular complexity index is 1450. The number of carbonyl (C=O) groups excluding carboxylic acids is 4. The summed E-state index contributed by atoms with van der Waals surface area (Å²) in [5.74, 6) is -4.17. The largest absolute Gasteiger partial charge is 0.454 e. The highest BCUT2D eigenvalue weighted by Crippen LogP contribution is 2.61. The van der Waals surface area contributed by atoms with Crippen LogP contribution in [0.15, 0.2) is 66.7 Å². The molecule has 1 heterocycles. The summed E-state index contributed by atoms with van der Waals surface area (Å²) in [7, 11) is 0. The molecule has 3 atom stereocenters. The van der Waals surface area contributed by atoms with Crippen LogP contribution < -0.4 is 5.32 Å². The van der Waals surface area contributed by atoms with Crippen LogP contribution in [0, 0.1) is 24.7 Å². The molecule has 3 aromatic carbocycles. The first-order chi connectivity index (χ1) is 19.2. The Kier molecular flexibility index (Phi) is 6.50. The number of imide groups is 1. The highest BCUT2D eigenvalue weighted by Gasteiger charge is 2.63. The van der Waals surface area contributed by atoms with E-state index in [2.05, 4.69) is 5.32 Å². The van der Waals surface area contributed by atoms with Crippen LogP contribution in [0.1, 0.15) is 53.5 Å². The van der Waals surface area contributed by atoms with Crippen molar-refractivity contribution >= 4 is 41.0 Å². The normalized spacial score (nSPS) is 23.0. The molecule has 0 unspecified atom stereocenters. The van der Waals surface area contributed by atoms with Crippen molar-refractivity contribution in [3.8, 4) is 0 Å². The van der Waals surface area contributed by atoms with Crippen molar-refractivity contribution in [2.24, 2.45) is 17.8 Å². The van der Waals surface area contributed by atoms with E-state index in [1.807, 2.05) is 55.5 Å². The van der Waals surface area contributed by atoms with Crippen LogP contribution in [0.3, 0.4) is 0 Å². The van der Waals surface area contributed by atoms with Crippen molar-refractivity contribution in [1.29, 1.82) is 0 Å². The Morgan fingerprint density at radius 1 is 0.875 bits per heavy atom. The number of aryl methyl sites for hydroxylation is 1. The lowest BCUT2D eigenvalue weighted by Crippen LogP contribution is -2.49. The maximum absolute atomic E-state index is 14.1. The molecule has 0 radical (unpaired) electrons. The molecular formula is C32H29ClN2O5. The molecule has 0 saturated carbocycles. The molecule has 1 N–H and O–H groups in total. The molecule has 1 fully saturated rings. The number of nitrogens with one attached hydrogen (secondary N) is 1. The van der Waals surface area contributed by atoms with Gasteiger partial charge in [0.1, 0.15) is 6.04 Å². The van der Waals surface area contributed by atoms with Crippen LogP contribution in [0.2, 0.25) is 5.02 Å².